The highest BCUT2D eigenvalue weighted by molar-refractivity contribution is 5.54. The standard InChI is InChI=1S/C23H25N7O2/c1-31-20-5-3-2-4-16(20)8-9-17-12-22(28-27-17)30(23-25-11-10-21(24)26-23)14-18-13-19(29-32-18)15-6-7-15/h2-5,10-13,15H,6-9,14H2,1H3,(H,27,28)(H2,24,25,26). The predicted octanol–water partition coefficient (Wildman–Crippen LogP) is 3.78. The molecule has 1 aliphatic rings. The van der Waals surface area contributed by atoms with Gasteiger partial charge in [-0.05, 0) is 43.4 Å². The van der Waals surface area contributed by atoms with Gasteiger partial charge in [-0.3, -0.25) is 10.00 Å². The van der Waals surface area contributed by atoms with Gasteiger partial charge in [-0.25, -0.2) is 4.98 Å². The molecule has 0 amide bonds. The molecule has 0 bridgehead atoms. The number of nitrogens with one attached hydrogen (secondary N) is 1. The van der Waals surface area contributed by atoms with Gasteiger partial charge in [0.1, 0.15) is 11.6 Å². The van der Waals surface area contributed by atoms with E-state index in [0.717, 1.165) is 41.3 Å². The van der Waals surface area contributed by atoms with Crippen LogP contribution in [0, 0.1) is 0 Å². The minimum atomic E-state index is 0.392. The van der Waals surface area contributed by atoms with Gasteiger partial charge in [0.05, 0.1) is 19.3 Å². The molecule has 3 heterocycles. The van der Waals surface area contributed by atoms with Gasteiger partial charge in [0.2, 0.25) is 5.95 Å². The highest BCUT2D eigenvalue weighted by Crippen LogP contribution is 2.39. The summed E-state index contributed by atoms with van der Waals surface area (Å²) in [5.41, 5.74) is 9.06. The number of benzene rings is 1. The van der Waals surface area contributed by atoms with Crippen LogP contribution in [0.4, 0.5) is 17.6 Å². The molecule has 0 atom stereocenters. The summed E-state index contributed by atoms with van der Waals surface area (Å²) in [7, 11) is 1.69. The summed E-state index contributed by atoms with van der Waals surface area (Å²) < 4.78 is 11.0. The Morgan fingerprint density at radius 1 is 1.19 bits per heavy atom. The molecule has 0 radical (unpaired) electrons. The van der Waals surface area contributed by atoms with Crippen LogP contribution in [-0.2, 0) is 19.4 Å². The fraction of sp³-hybridized carbons (Fsp3) is 0.304. The lowest BCUT2D eigenvalue weighted by Crippen LogP contribution is -2.19. The van der Waals surface area contributed by atoms with Crippen LogP contribution in [0.5, 0.6) is 5.75 Å². The fourth-order valence-corrected chi connectivity index (χ4v) is 3.67. The number of anilines is 3. The second-order valence-electron chi connectivity index (χ2n) is 7.92. The second kappa shape index (κ2) is 8.70. The van der Waals surface area contributed by atoms with Crippen molar-refractivity contribution in [3.63, 3.8) is 0 Å². The Morgan fingerprint density at radius 2 is 2.06 bits per heavy atom. The molecular formula is C23H25N7O2. The number of hydrogen-bond acceptors (Lipinski definition) is 8. The number of nitrogens with two attached hydrogens (primary N) is 1. The number of aromatic nitrogens is 5. The van der Waals surface area contributed by atoms with E-state index in [2.05, 4.69) is 31.4 Å². The number of methoxy groups -OCH3 is 1. The van der Waals surface area contributed by atoms with E-state index in [1.165, 1.54) is 12.8 Å². The van der Waals surface area contributed by atoms with Gasteiger partial charge in [0.15, 0.2) is 11.6 Å². The van der Waals surface area contributed by atoms with E-state index in [-0.39, 0.29) is 0 Å². The van der Waals surface area contributed by atoms with Crippen LogP contribution in [0.15, 0.2) is 53.2 Å². The van der Waals surface area contributed by atoms with E-state index in [0.29, 0.717) is 30.0 Å². The summed E-state index contributed by atoms with van der Waals surface area (Å²) in [6, 6.07) is 13.7. The average molecular weight is 432 g/mol. The number of rotatable bonds is 9. The van der Waals surface area contributed by atoms with Crippen molar-refractivity contribution in [2.45, 2.75) is 38.1 Å². The van der Waals surface area contributed by atoms with E-state index in [4.69, 9.17) is 15.0 Å². The first-order valence-corrected chi connectivity index (χ1v) is 10.7. The summed E-state index contributed by atoms with van der Waals surface area (Å²) >= 11 is 0. The SMILES string of the molecule is COc1ccccc1CCc1cc(N(Cc2cc(C3CC3)no2)c2nccc(N)n2)n[nH]1. The van der Waals surface area contributed by atoms with Gasteiger partial charge in [-0.15, -0.1) is 0 Å². The minimum Gasteiger partial charge on any atom is -0.496 e. The van der Waals surface area contributed by atoms with Crippen LogP contribution < -0.4 is 15.4 Å². The first-order chi connectivity index (χ1) is 15.7. The lowest BCUT2D eigenvalue weighted by Gasteiger charge is -2.18. The molecule has 3 aromatic heterocycles. The lowest BCUT2D eigenvalue weighted by atomic mass is 10.1. The topological polar surface area (TPSA) is 119 Å². The van der Waals surface area contributed by atoms with Crippen molar-refractivity contribution in [1.29, 1.82) is 0 Å². The summed E-state index contributed by atoms with van der Waals surface area (Å²) in [6.45, 7) is 0.403. The van der Waals surface area contributed by atoms with Crippen LogP contribution in [0.25, 0.3) is 0 Å². The molecule has 1 saturated carbocycles. The van der Waals surface area contributed by atoms with E-state index in [1.807, 2.05) is 35.2 Å². The summed E-state index contributed by atoms with van der Waals surface area (Å²) in [5, 5.41) is 11.9. The Bertz CT molecular complexity index is 1200. The predicted molar refractivity (Wildman–Crippen MR) is 120 cm³/mol. The Hall–Kier alpha value is -3.88. The maximum atomic E-state index is 5.91. The van der Waals surface area contributed by atoms with Crippen molar-refractivity contribution >= 4 is 17.6 Å². The van der Waals surface area contributed by atoms with Crippen LogP contribution in [-0.4, -0.2) is 32.4 Å². The number of H-pyrrole nitrogens is 1. The number of hydrogen-bond donors (Lipinski definition) is 2. The van der Waals surface area contributed by atoms with E-state index in [1.54, 1.807) is 19.4 Å². The van der Waals surface area contributed by atoms with Crippen molar-refractivity contribution in [3.8, 4) is 5.75 Å². The molecule has 1 aliphatic carbocycles. The second-order valence-corrected chi connectivity index (χ2v) is 7.92. The third-order valence-corrected chi connectivity index (χ3v) is 5.54. The van der Waals surface area contributed by atoms with Crippen LogP contribution >= 0.6 is 0 Å². The summed E-state index contributed by atoms with van der Waals surface area (Å²) in [5.74, 6) is 3.68. The van der Waals surface area contributed by atoms with Crippen LogP contribution in [0.3, 0.4) is 0 Å². The number of nitrogens with zero attached hydrogens (tertiary/aromatic N) is 5. The summed E-state index contributed by atoms with van der Waals surface area (Å²) in [6.07, 6.45) is 5.59. The Labute approximate surface area is 185 Å². The van der Waals surface area contributed by atoms with Crippen molar-refractivity contribution in [3.05, 3.63) is 71.4 Å². The molecule has 32 heavy (non-hydrogen) atoms. The van der Waals surface area contributed by atoms with Gasteiger partial charge < -0.3 is 15.0 Å². The average Bonchev–Trinajstić information content (AvgIpc) is 3.37. The van der Waals surface area contributed by atoms with Crippen molar-refractivity contribution in [2.24, 2.45) is 0 Å². The van der Waals surface area contributed by atoms with Gasteiger partial charge in [0.25, 0.3) is 0 Å². The quantitative estimate of drug-likeness (QED) is 0.411. The molecule has 9 heteroatoms. The van der Waals surface area contributed by atoms with Crippen molar-refractivity contribution in [1.82, 2.24) is 25.3 Å². The van der Waals surface area contributed by atoms with E-state index >= 15 is 0 Å². The third-order valence-electron chi connectivity index (χ3n) is 5.54. The Kier molecular flexibility index (Phi) is 5.45. The van der Waals surface area contributed by atoms with Gasteiger partial charge in [-0.1, -0.05) is 23.4 Å². The van der Waals surface area contributed by atoms with Gasteiger partial charge in [-0.2, -0.15) is 10.1 Å². The maximum Gasteiger partial charge on any atom is 0.233 e. The van der Waals surface area contributed by atoms with Gasteiger partial charge in [0, 0.05) is 29.9 Å². The zero-order valence-electron chi connectivity index (χ0n) is 17.9. The van der Waals surface area contributed by atoms with Crippen molar-refractivity contribution < 1.29 is 9.26 Å². The zero-order valence-corrected chi connectivity index (χ0v) is 17.9. The minimum absolute atomic E-state index is 0.392. The molecule has 0 aliphatic heterocycles. The molecule has 4 aromatic rings. The molecular weight excluding hydrogens is 406 g/mol. The highest BCUT2D eigenvalue weighted by Gasteiger charge is 2.28. The lowest BCUT2D eigenvalue weighted by molar-refractivity contribution is 0.377. The number of aromatic amines is 1. The van der Waals surface area contributed by atoms with Crippen LogP contribution in [0.1, 0.15) is 41.5 Å². The molecule has 1 aromatic carbocycles. The Morgan fingerprint density at radius 3 is 2.88 bits per heavy atom. The number of nitrogen functional groups attached to an aromatic ring is 1. The fourth-order valence-electron chi connectivity index (χ4n) is 3.67. The smallest absolute Gasteiger partial charge is 0.233 e. The highest BCUT2D eigenvalue weighted by atomic mass is 16.5. The Balaban J connectivity index is 1.37. The first kappa shape index (κ1) is 20.0. The number of para-hydroxylation sites is 1. The molecule has 0 spiro atoms. The maximum absolute atomic E-state index is 5.91. The van der Waals surface area contributed by atoms with E-state index in [9.17, 15) is 0 Å². The zero-order chi connectivity index (χ0) is 21.9. The molecule has 1 fully saturated rings. The number of aryl methyl sites for hydroxylation is 2. The van der Waals surface area contributed by atoms with Gasteiger partial charge >= 0.3 is 0 Å². The molecule has 9 nitrogen and oxygen atoms in total. The molecule has 0 saturated heterocycles. The monoisotopic (exact) mass is 431 g/mol. The molecule has 3 N–H and O–H groups in total. The van der Waals surface area contributed by atoms with Crippen molar-refractivity contribution in [2.75, 3.05) is 17.7 Å². The molecule has 5 rings (SSSR count). The van der Waals surface area contributed by atoms with E-state index < -0.39 is 0 Å². The largest absolute Gasteiger partial charge is 0.496 e. The van der Waals surface area contributed by atoms with Crippen LogP contribution in [0.2, 0.25) is 0 Å². The molecule has 0 unspecified atom stereocenters. The number of ether oxygens (including phenoxy) is 1. The normalized spacial score (nSPS) is 13.3. The first-order valence-electron chi connectivity index (χ1n) is 10.7. The third kappa shape index (κ3) is 4.41. The summed E-state index contributed by atoms with van der Waals surface area (Å²) in [4.78, 5) is 10.7. The molecule has 164 valence electrons.